The molecule has 0 aromatic heterocycles. The Kier molecular flexibility index (Phi) is 8.04. The number of benzene rings is 2. The molecule has 9 nitrogen and oxygen atoms in total. The molecule has 2 fully saturated rings. The smallest absolute Gasteiger partial charge is 0.251 e. The molecule has 0 spiro atoms. The van der Waals surface area contributed by atoms with Gasteiger partial charge < -0.3 is 26.6 Å². The van der Waals surface area contributed by atoms with Crippen molar-refractivity contribution in [3.63, 3.8) is 0 Å². The molecule has 4 atom stereocenters. The van der Waals surface area contributed by atoms with E-state index in [1.54, 1.807) is 30.3 Å². The molecule has 2 aromatic rings. The maximum absolute atomic E-state index is 13.7. The molecule has 0 unspecified atom stereocenters. The van der Waals surface area contributed by atoms with Crippen molar-refractivity contribution in [2.75, 3.05) is 13.1 Å². The monoisotopic (exact) mass is 505 g/mol. The summed E-state index contributed by atoms with van der Waals surface area (Å²) in [4.78, 5) is 56.1. The SMILES string of the molecule is CC(C)C[C@H](NC(=O)c1cccc(CN)c1)C(=O)N1CC[C@@H]2[C@H]1C(=O)CN2C(=O)[C@@H](N)c1ccccc1. The van der Waals surface area contributed by atoms with Gasteiger partial charge in [0.2, 0.25) is 11.8 Å². The van der Waals surface area contributed by atoms with Crippen LogP contribution >= 0.6 is 0 Å². The summed E-state index contributed by atoms with van der Waals surface area (Å²) < 4.78 is 0. The Morgan fingerprint density at radius 1 is 1.03 bits per heavy atom. The fourth-order valence-electron chi connectivity index (χ4n) is 5.31. The van der Waals surface area contributed by atoms with Crippen molar-refractivity contribution in [2.24, 2.45) is 17.4 Å². The second kappa shape index (κ2) is 11.2. The summed E-state index contributed by atoms with van der Waals surface area (Å²) in [5.41, 5.74) is 13.9. The molecule has 37 heavy (non-hydrogen) atoms. The molecular weight excluding hydrogens is 470 g/mol. The first kappa shape index (κ1) is 26.5. The minimum atomic E-state index is -0.880. The van der Waals surface area contributed by atoms with Gasteiger partial charge >= 0.3 is 0 Å². The van der Waals surface area contributed by atoms with Crippen LogP contribution in [-0.2, 0) is 20.9 Å². The molecular formula is C28H35N5O4. The summed E-state index contributed by atoms with van der Waals surface area (Å²) >= 11 is 0. The first-order valence-corrected chi connectivity index (χ1v) is 12.7. The zero-order valence-corrected chi connectivity index (χ0v) is 21.3. The maximum atomic E-state index is 13.7. The lowest BCUT2D eigenvalue weighted by molar-refractivity contribution is -0.138. The Hall–Kier alpha value is -3.56. The van der Waals surface area contributed by atoms with Crippen LogP contribution < -0.4 is 16.8 Å². The number of ketones is 1. The summed E-state index contributed by atoms with van der Waals surface area (Å²) in [7, 11) is 0. The van der Waals surface area contributed by atoms with Gasteiger partial charge in [0.25, 0.3) is 5.91 Å². The van der Waals surface area contributed by atoms with Gasteiger partial charge in [0.05, 0.1) is 12.6 Å². The van der Waals surface area contributed by atoms with Gasteiger partial charge in [-0.1, -0.05) is 56.3 Å². The number of amides is 3. The molecule has 2 saturated heterocycles. The van der Waals surface area contributed by atoms with Crippen molar-refractivity contribution in [3.8, 4) is 0 Å². The van der Waals surface area contributed by atoms with E-state index in [9.17, 15) is 19.2 Å². The van der Waals surface area contributed by atoms with Crippen LogP contribution in [0.4, 0.5) is 0 Å². The third-order valence-electron chi connectivity index (χ3n) is 7.15. The van der Waals surface area contributed by atoms with E-state index in [0.717, 1.165) is 5.56 Å². The van der Waals surface area contributed by atoms with E-state index in [-0.39, 0.29) is 36.0 Å². The number of nitrogens with two attached hydrogens (primary N) is 2. The molecule has 3 amide bonds. The summed E-state index contributed by atoms with van der Waals surface area (Å²) in [5, 5.41) is 2.88. The summed E-state index contributed by atoms with van der Waals surface area (Å²) in [6.07, 6.45) is 0.904. The van der Waals surface area contributed by atoms with Gasteiger partial charge in [-0.2, -0.15) is 0 Å². The van der Waals surface area contributed by atoms with Crippen molar-refractivity contribution in [2.45, 2.75) is 57.4 Å². The minimum absolute atomic E-state index is 0.0778. The zero-order valence-electron chi connectivity index (χ0n) is 21.3. The fraction of sp³-hybridized carbons (Fsp3) is 0.429. The summed E-state index contributed by atoms with van der Waals surface area (Å²) in [6.45, 7) is 4.50. The third kappa shape index (κ3) is 5.57. The third-order valence-corrected chi connectivity index (χ3v) is 7.15. The van der Waals surface area contributed by atoms with E-state index in [4.69, 9.17) is 11.5 Å². The highest BCUT2D eigenvalue weighted by Gasteiger charge is 2.52. The molecule has 0 radical (unpaired) electrons. The number of carbonyl (C=O) groups excluding carboxylic acids is 4. The molecule has 2 aliphatic heterocycles. The van der Waals surface area contributed by atoms with Crippen molar-refractivity contribution < 1.29 is 19.2 Å². The van der Waals surface area contributed by atoms with Gasteiger partial charge in [0.1, 0.15) is 18.1 Å². The second-order valence-electron chi connectivity index (χ2n) is 10.2. The lowest BCUT2D eigenvalue weighted by Crippen LogP contribution is -2.53. The topological polar surface area (TPSA) is 139 Å². The van der Waals surface area contributed by atoms with Gasteiger partial charge in [-0.25, -0.2) is 0 Å². The average Bonchev–Trinajstić information content (AvgIpc) is 3.48. The number of Topliss-reactive ketones (excluding diaryl/α,β-unsaturated/α-hetero) is 1. The number of likely N-dealkylation sites (tertiary alicyclic amines) is 2. The van der Waals surface area contributed by atoms with E-state index in [1.165, 1.54) is 9.80 Å². The van der Waals surface area contributed by atoms with Crippen LogP contribution in [0.15, 0.2) is 54.6 Å². The van der Waals surface area contributed by atoms with Crippen LogP contribution in [0.25, 0.3) is 0 Å². The number of nitrogens with zero attached hydrogens (tertiary/aromatic N) is 2. The van der Waals surface area contributed by atoms with Gasteiger partial charge in [-0.3, -0.25) is 19.2 Å². The van der Waals surface area contributed by atoms with Crippen LogP contribution in [0.5, 0.6) is 0 Å². The second-order valence-corrected chi connectivity index (χ2v) is 10.2. The normalized spacial score (nSPS) is 20.6. The molecule has 9 heteroatoms. The quantitative estimate of drug-likeness (QED) is 0.495. The maximum Gasteiger partial charge on any atom is 0.251 e. The molecule has 0 aliphatic carbocycles. The van der Waals surface area contributed by atoms with Crippen LogP contribution in [-0.4, -0.2) is 64.5 Å². The Labute approximate surface area is 217 Å². The Balaban J connectivity index is 1.50. The van der Waals surface area contributed by atoms with Crippen molar-refractivity contribution in [3.05, 3.63) is 71.3 Å². The highest BCUT2D eigenvalue weighted by Crippen LogP contribution is 2.32. The van der Waals surface area contributed by atoms with Crippen molar-refractivity contribution in [1.82, 2.24) is 15.1 Å². The summed E-state index contributed by atoms with van der Waals surface area (Å²) in [5.74, 6) is -1.06. The molecule has 0 saturated carbocycles. The largest absolute Gasteiger partial charge is 0.340 e. The molecule has 2 aliphatic rings. The van der Waals surface area contributed by atoms with Crippen LogP contribution in [0.1, 0.15) is 54.2 Å². The summed E-state index contributed by atoms with van der Waals surface area (Å²) in [6, 6.07) is 13.2. The van der Waals surface area contributed by atoms with Gasteiger partial charge in [-0.05, 0) is 42.0 Å². The molecule has 4 rings (SSSR count). The van der Waals surface area contributed by atoms with Crippen LogP contribution in [0.3, 0.4) is 0 Å². The minimum Gasteiger partial charge on any atom is -0.340 e. The zero-order chi connectivity index (χ0) is 26.7. The first-order chi connectivity index (χ1) is 17.7. The van der Waals surface area contributed by atoms with Crippen LogP contribution in [0.2, 0.25) is 0 Å². The Morgan fingerprint density at radius 2 is 1.76 bits per heavy atom. The lowest BCUT2D eigenvalue weighted by Gasteiger charge is -2.29. The molecule has 0 bridgehead atoms. The lowest BCUT2D eigenvalue weighted by atomic mass is 10.0. The van der Waals surface area contributed by atoms with Crippen LogP contribution in [0, 0.1) is 5.92 Å². The molecule has 2 heterocycles. The number of carbonyl (C=O) groups is 4. The van der Waals surface area contributed by atoms with E-state index >= 15 is 0 Å². The number of nitrogens with one attached hydrogen (secondary N) is 1. The van der Waals surface area contributed by atoms with E-state index < -0.39 is 24.2 Å². The van der Waals surface area contributed by atoms with E-state index in [2.05, 4.69) is 5.32 Å². The first-order valence-electron chi connectivity index (χ1n) is 12.7. The highest BCUT2D eigenvalue weighted by molar-refractivity contribution is 6.01. The van der Waals surface area contributed by atoms with Gasteiger partial charge in [0.15, 0.2) is 5.78 Å². The average molecular weight is 506 g/mol. The Bertz CT molecular complexity index is 1170. The standard InChI is InChI=1S/C28H35N5O4/c1-17(2)13-21(31-26(35)20-10-6-7-18(14-20)15-29)27(36)32-12-11-22-25(32)23(34)16-33(22)28(37)24(30)19-8-4-3-5-9-19/h3-10,14,17,21-22,24-25H,11-13,15-16,29-30H2,1-2H3,(H,31,35)/t21-,22+,24-,25-/m0/s1. The Morgan fingerprint density at radius 3 is 2.43 bits per heavy atom. The molecule has 2 aromatic carbocycles. The van der Waals surface area contributed by atoms with Gasteiger partial charge in [0, 0.05) is 18.7 Å². The molecule has 5 N–H and O–H groups in total. The number of fused-ring (bicyclic) bond motifs is 1. The van der Waals surface area contributed by atoms with Crippen molar-refractivity contribution >= 4 is 23.5 Å². The highest BCUT2D eigenvalue weighted by atomic mass is 16.2. The number of rotatable bonds is 8. The van der Waals surface area contributed by atoms with E-state index in [0.29, 0.717) is 37.1 Å². The predicted molar refractivity (Wildman–Crippen MR) is 139 cm³/mol. The number of hydrogen-bond acceptors (Lipinski definition) is 6. The van der Waals surface area contributed by atoms with Crippen molar-refractivity contribution in [1.29, 1.82) is 0 Å². The predicted octanol–water partition coefficient (Wildman–Crippen LogP) is 1.37. The molecule has 196 valence electrons. The fourth-order valence-corrected chi connectivity index (χ4v) is 5.31. The van der Waals surface area contributed by atoms with E-state index in [1.807, 2.05) is 38.1 Å². The van der Waals surface area contributed by atoms with Gasteiger partial charge in [-0.15, -0.1) is 0 Å². The number of hydrogen-bond donors (Lipinski definition) is 3.